The Labute approximate surface area is 82.4 Å². The number of rotatable bonds is 1. The summed E-state index contributed by atoms with van der Waals surface area (Å²) in [4.78, 5) is 15.7. The van der Waals surface area contributed by atoms with Gasteiger partial charge in [-0.25, -0.2) is 4.79 Å². The number of hydrogen-bond acceptors (Lipinski definition) is 3. The Balaban J connectivity index is 2.32. The Morgan fingerprint density at radius 2 is 2.07 bits per heavy atom. The minimum atomic E-state index is -0.324. The van der Waals surface area contributed by atoms with E-state index in [1.165, 1.54) is 0 Å². The van der Waals surface area contributed by atoms with E-state index in [1.54, 1.807) is 0 Å². The Hall–Kier alpha value is -1.64. The van der Waals surface area contributed by atoms with Gasteiger partial charge in [0.25, 0.3) is 0 Å². The normalized spacial score (nSPS) is 21.4. The van der Waals surface area contributed by atoms with Crippen LogP contribution in [0.25, 0.3) is 0 Å². The summed E-state index contributed by atoms with van der Waals surface area (Å²) >= 11 is 0. The van der Waals surface area contributed by atoms with Gasteiger partial charge in [-0.05, 0) is 6.92 Å². The molecule has 0 amide bonds. The van der Waals surface area contributed by atoms with Crippen LogP contribution >= 0.6 is 0 Å². The molecule has 72 valence electrons. The van der Waals surface area contributed by atoms with Gasteiger partial charge in [-0.3, -0.25) is 4.99 Å². The lowest BCUT2D eigenvalue weighted by Crippen LogP contribution is -2.30. The fourth-order valence-electron chi connectivity index (χ4n) is 1.37. The van der Waals surface area contributed by atoms with E-state index in [2.05, 4.69) is 4.99 Å². The summed E-state index contributed by atoms with van der Waals surface area (Å²) in [6.45, 7) is 2.39. The van der Waals surface area contributed by atoms with Crippen LogP contribution in [0.15, 0.2) is 35.3 Å². The summed E-state index contributed by atoms with van der Waals surface area (Å²) in [6.07, 6.45) is -0.102. The van der Waals surface area contributed by atoms with Crippen LogP contribution in [0.3, 0.4) is 0 Å². The predicted octanol–water partition coefficient (Wildman–Crippen LogP) is 1.42. The van der Waals surface area contributed by atoms with Crippen molar-refractivity contribution in [2.45, 2.75) is 13.0 Å². The first kappa shape index (κ1) is 8.94. The highest BCUT2D eigenvalue weighted by Gasteiger charge is 2.22. The first-order chi connectivity index (χ1) is 6.77. The van der Waals surface area contributed by atoms with E-state index in [0.29, 0.717) is 12.3 Å². The van der Waals surface area contributed by atoms with Crippen LogP contribution < -0.4 is 0 Å². The second-order valence-electron chi connectivity index (χ2n) is 3.27. The summed E-state index contributed by atoms with van der Waals surface area (Å²) in [7, 11) is 0. The monoisotopic (exact) mass is 189 g/mol. The Morgan fingerprint density at radius 3 is 2.71 bits per heavy atom. The van der Waals surface area contributed by atoms with Crippen molar-refractivity contribution in [3.8, 4) is 0 Å². The third kappa shape index (κ3) is 1.66. The van der Waals surface area contributed by atoms with Gasteiger partial charge in [0, 0.05) is 5.56 Å². The molecule has 1 aliphatic heterocycles. The van der Waals surface area contributed by atoms with Gasteiger partial charge in [0.2, 0.25) is 0 Å². The summed E-state index contributed by atoms with van der Waals surface area (Å²) in [5.41, 5.74) is 1.26. The number of carbonyl (C=O) groups excluding carboxylic acids is 1. The van der Waals surface area contributed by atoms with E-state index in [4.69, 9.17) is 4.74 Å². The SMILES string of the molecule is CC1CN=C(c2ccccc2)C(=O)O1. The van der Waals surface area contributed by atoms with Crippen LogP contribution in [0.2, 0.25) is 0 Å². The molecule has 3 nitrogen and oxygen atoms in total. The summed E-state index contributed by atoms with van der Waals surface area (Å²) in [5.74, 6) is -0.324. The standard InChI is InChI=1S/C11H11NO2/c1-8-7-12-10(11(13)14-8)9-5-3-2-4-6-9/h2-6,8H,7H2,1H3. The maximum atomic E-state index is 11.5. The molecule has 0 N–H and O–H groups in total. The van der Waals surface area contributed by atoms with Crippen molar-refractivity contribution >= 4 is 11.7 Å². The van der Waals surface area contributed by atoms with Crippen LogP contribution in [0.1, 0.15) is 12.5 Å². The zero-order chi connectivity index (χ0) is 9.97. The molecule has 1 aromatic rings. The Kier molecular flexibility index (Phi) is 2.31. The lowest BCUT2D eigenvalue weighted by atomic mass is 10.1. The quantitative estimate of drug-likeness (QED) is 0.627. The van der Waals surface area contributed by atoms with E-state index in [9.17, 15) is 4.79 Å². The highest BCUT2D eigenvalue weighted by atomic mass is 16.5. The van der Waals surface area contributed by atoms with Crippen molar-refractivity contribution in [2.75, 3.05) is 6.54 Å². The first-order valence-corrected chi connectivity index (χ1v) is 4.58. The molecule has 1 aliphatic rings. The number of esters is 1. The minimum Gasteiger partial charge on any atom is -0.456 e. The van der Waals surface area contributed by atoms with Gasteiger partial charge >= 0.3 is 5.97 Å². The Morgan fingerprint density at radius 1 is 1.36 bits per heavy atom. The van der Waals surface area contributed by atoms with Crippen molar-refractivity contribution in [3.63, 3.8) is 0 Å². The number of hydrogen-bond donors (Lipinski definition) is 0. The van der Waals surface area contributed by atoms with Crippen molar-refractivity contribution in [1.82, 2.24) is 0 Å². The number of carbonyl (C=O) groups is 1. The summed E-state index contributed by atoms with van der Waals surface area (Å²) in [6, 6.07) is 9.37. The minimum absolute atomic E-state index is 0.102. The molecule has 1 aromatic carbocycles. The van der Waals surface area contributed by atoms with Gasteiger partial charge in [-0.1, -0.05) is 30.3 Å². The van der Waals surface area contributed by atoms with Gasteiger partial charge in [-0.15, -0.1) is 0 Å². The second kappa shape index (κ2) is 3.62. The number of aliphatic imine (C=N–C) groups is 1. The third-order valence-electron chi connectivity index (χ3n) is 2.06. The molecule has 0 aliphatic carbocycles. The van der Waals surface area contributed by atoms with E-state index < -0.39 is 0 Å². The average molecular weight is 189 g/mol. The Bertz CT molecular complexity index is 370. The predicted molar refractivity (Wildman–Crippen MR) is 53.4 cm³/mol. The smallest absolute Gasteiger partial charge is 0.357 e. The molecule has 1 heterocycles. The molecule has 1 atom stereocenters. The number of cyclic esters (lactones) is 1. The molecule has 0 spiro atoms. The van der Waals surface area contributed by atoms with E-state index in [0.717, 1.165) is 5.56 Å². The van der Waals surface area contributed by atoms with E-state index in [-0.39, 0.29) is 12.1 Å². The van der Waals surface area contributed by atoms with Crippen molar-refractivity contribution in [2.24, 2.45) is 4.99 Å². The number of ether oxygens (including phenoxy) is 1. The van der Waals surface area contributed by atoms with Crippen molar-refractivity contribution in [1.29, 1.82) is 0 Å². The number of nitrogens with zero attached hydrogens (tertiary/aromatic N) is 1. The maximum absolute atomic E-state index is 11.5. The van der Waals surface area contributed by atoms with Crippen LogP contribution in [0.4, 0.5) is 0 Å². The second-order valence-corrected chi connectivity index (χ2v) is 3.27. The van der Waals surface area contributed by atoms with Crippen molar-refractivity contribution < 1.29 is 9.53 Å². The fraction of sp³-hybridized carbons (Fsp3) is 0.273. The summed E-state index contributed by atoms with van der Waals surface area (Å²) in [5, 5.41) is 0. The molecular formula is C11H11NO2. The van der Waals surface area contributed by atoms with Gasteiger partial charge in [-0.2, -0.15) is 0 Å². The lowest BCUT2D eigenvalue weighted by molar-refractivity contribution is -0.140. The molecule has 0 bridgehead atoms. The topological polar surface area (TPSA) is 38.7 Å². The summed E-state index contributed by atoms with van der Waals surface area (Å²) < 4.78 is 5.08. The molecule has 3 heteroatoms. The first-order valence-electron chi connectivity index (χ1n) is 4.58. The number of benzene rings is 1. The fourth-order valence-corrected chi connectivity index (χ4v) is 1.37. The van der Waals surface area contributed by atoms with Gasteiger partial charge in [0.1, 0.15) is 6.10 Å². The highest BCUT2D eigenvalue weighted by molar-refractivity contribution is 6.43. The molecule has 0 saturated heterocycles. The van der Waals surface area contributed by atoms with E-state index >= 15 is 0 Å². The third-order valence-corrected chi connectivity index (χ3v) is 2.06. The van der Waals surface area contributed by atoms with Crippen molar-refractivity contribution in [3.05, 3.63) is 35.9 Å². The van der Waals surface area contributed by atoms with Gasteiger partial charge < -0.3 is 4.74 Å². The van der Waals surface area contributed by atoms with Crippen LogP contribution in [0, 0.1) is 0 Å². The zero-order valence-electron chi connectivity index (χ0n) is 7.93. The zero-order valence-corrected chi connectivity index (χ0v) is 7.93. The molecule has 0 aromatic heterocycles. The molecule has 1 unspecified atom stereocenters. The molecule has 0 radical (unpaired) electrons. The molecular weight excluding hydrogens is 178 g/mol. The average Bonchev–Trinajstić information content (AvgIpc) is 2.19. The van der Waals surface area contributed by atoms with Gasteiger partial charge in [0.15, 0.2) is 5.71 Å². The van der Waals surface area contributed by atoms with Crippen LogP contribution in [-0.4, -0.2) is 24.3 Å². The molecule has 0 fully saturated rings. The lowest BCUT2D eigenvalue weighted by Gasteiger charge is -2.17. The van der Waals surface area contributed by atoms with E-state index in [1.807, 2.05) is 37.3 Å². The maximum Gasteiger partial charge on any atom is 0.357 e. The molecule has 14 heavy (non-hydrogen) atoms. The van der Waals surface area contributed by atoms with Crippen LogP contribution in [0.5, 0.6) is 0 Å². The molecule has 2 rings (SSSR count). The highest BCUT2D eigenvalue weighted by Crippen LogP contribution is 2.09. The van der Waals surface area contributed by atoms with Crippen LogP contribution in [-0.2, 0) is 9.53 Å². The molecule has 0 saturated carbocycles. The van der Waals surface area contributed by atoms with Gasteiger partial charge in [0.05, 0.1) is 6.54 Å². The largest absolute Gasteiger partial charge is 0.456 e.